The number of ether oxygens (including phenoxy) is 2. The Morgan fingerprint density at radius 1 is 1.19 bits per heavy atom. The van der Waals surface area contributed by atoms with E-state index in [4.69, 9.17) is 21.1 Å². The monoisotopic (exact) mass is 591 g/mol. The summed E-state index contributed by atoms with van der Waals surface area (Å²) in [6.07, 6.45) is 6.14. The van der Waals surface area contributed by atoms with Crippen LogP contribution in [0.5, 0.6) is 0 Å². The molecule has 0 spiro atoms. The molecular weight excluding hydrogens is 561 g/mol. The van der Waals surface area contributed by atoms with Crippen molar-refractivity contribution in [3.63, 3.8) is 0 Å². The zero-order valence-electron chi connectivity index (χ0n) is 20.9. The highest BCUT2D eigenvalue weighted by molar-refractivity contribution is 9.10. The number of aromatic nitrogens is 2. The molecule has 1 saturated carbocycles. The number of fused-ring (bicyclic) bond motifs is 1. The lowest BCUT2D eigenvalue weighted by atomic mass is 9.95. The Labute approximate surface area is 230 Å². The largest absolute Gasteiger partial charge is 0.379 e. The van der Waals surface area contributed by atoms with Gasteiger partial charge in [-0.2, -0.15) is 0 Å². The lowest BCUT2D eigenvalue weighted by molar-refractivity contribution is 0.0371. The van der Waals surface area contributed by atoms with Crippen molar-refractivity contribution < 1.29 is 18.7 Å². The van der Waals surface area contributed by atoms with Crippen molar-refractivity contribution in [1.82, 2.24) is 14.5 Å². The Balaban J connectivity index is 1.37. The molecule has 37 heavy (non-hydrogen) atoms. The van der Waals surface area contributed by atoms with Crippen molar-refractivity contribution >= 4 is 44.3 Å². The molecule has 5 rings (SSSR count). The topological polar surface area (TPSA) is 56.6 Å². The second-order valence-corrected chi connectivity index (χ2v) is 11.3. The first-order valence-electron chi connectivity index (χ1n) is 13.0. The summed E-state index contributed by atoms with van der Waals surface area (Å²) >= 11 is 9.86. The molecule has 2 aromatic carbocycles. The van der Waals surface area contributed by atoms with Crippen LogP contribution in [0.1, 0.15) is 47.2 Å². The Morgan fingerprint density at radius 3 is 2.73 bits per heavy atom. The molecule has 1 aliphatic heterocycles. The highest BCUT2D eigenvalue weighted by Crippen LogP contribution is 2.31. The van der Waals surface area contributed by atoms with Crippen molar-refractivity contribution in [2.45, 2.75) is 38.6 Å². The van der Waals surface area contributed by atoms with Crippen molar-refractivity contribution in [2.24, 2.45) is 5.92 Å². The summed E-state index contributed by atoms with van der Waals surface area (Å²) in [7, 11) is 0. The third-order valence-corrected chi connectivity index (χ3v) is 8.00. The van der Waals surface area contributed by atoms with Gasteiger partial charge in [-0.15, -0.1) is 0 Å². The van der Waals surface area contributed by atoms with Gasteiger partial charge in [0.15, 0.2) is 11.6 Å². The molecule has 1 aromatic heterocycles. The maximum Gasteiger partial charge on any atom is 0.188 e. The molecule has 2 aliphatic rings. The number of Topliss-reactive ketones (excluding diaryl/α,β-unsaturated/α-hetero) is 1. The van der Waals surface area contributed by atoms with Crippen LogP contribution in [0.3, 0.4) is 0 Å². The van der Waals surface area contributed by atoms with Gasteiger partial charge in [0, 0.05) is 46.7 Å². The Hall–Kier alpha value is -1.84. The molecule has 198 valence electrons. The maximum absolute atomic E-state index is 16.0. The predicted octanol–water partition coefficient (Wildman–Crippen LogP) is 5.90. The van der Waals surface area contributed by atoms with Crippen LogP contribution in [0.2, 0.25) is 5.02 Å². The van der Waals surface area contributed by atoms with Crippen molar-refractivity contribution in [2.75, 3.05) is 46.1 Å². The molecule has 2 fully saturated rings. The molecule has 0 atom stereocenters. The van der Waals surface area contributed by atoms with E-state index in [1.54, 1.807) is 18.5 Å². The predicted molar refractivity (Wildman–Crippen MR) is 146 cm³/mol. The first kappa shape index (κ1) is 26.8. The van der Waals surface area contributed by atoms with E-state index in [1.807, 2.05) is 16.7 Å². The fourth-order valence-corrected chi connectivity index (χ4v) is 5.52. The van der Waals surface area contributed by atoms with Gasteiger partial charge in [0.1, 0.15) is 12.1 Å². The zero-order valence-corrected chi connectivity index (χ0v) is 23.2. The van der Waals surface area contributed by atoms with Crippen molar-refractivity contribution in [3.8, 4) is 0 Å². The number of hydrogen-bond acceptors (Lipinski definition) is 5. The van der Waals surface area contributed by atoms with E-state index in [2.05, 4.69) is 25.8 Å². The molecule has 3 aromatic rings. The van der Waals surface area contributed by atoms with Crippen molar-refractivity contribution in [1.29, 1.82) is 0 Å². The van der Waals surface area contributed by atoms with E-state index in [1.165, 1.54) is 0 Å². The van der Waals surface area contributed by atoms with Gasteiger partial charge in [0.2, 0.25) is 0 Å². The fraction of sp³-hybridized carbons (Fsp3) is 0.500. The number of ketones is 1. The van der Waals surface area contributed by atoms with E-state index in [0.717, 1.165) is 68.6 Å². The minimum Gasteiger partial charge on any atom is -0.379 e. The molecule has 0 unspecified atom stereocenters. The summed E-state index contributed by atoms with van der Waals surface area (Å²) in [5, 5.41) is 0.517. The van der Waals surface area contributed by atoms with E-state index < -0.39 is 5.82 Å². The highest BCUT2D eigenvalue weighted by atomic mass is 79.9. The second-order valence-electron chi connectivity index (χ2n) is 9.98. The molecule has 0 radical (unpaired) electrons. The summed E-state index contributed by atoms with van der Waals surface area (Å²) in [6, 6.07) is 7.28. The summed E-state index contributed by atoms with van der Waals surface area (Å²) < 4.78 is 29.8. The summed E-state index contributed by atoms with van der Waals surface area (Å²) in [4.78, 5) is 20.1. The number of hydrogen-bond donors (Lipinski definition) is 0. The molecule has 6 nitrogen and oxygen atoms in total. The quantitative estimate of drug-likeness (QED) is 0.194. The molecule has 0 amide bonds. The Morgan fingerprint density at radius 2 is 1.97 bits per heavy atom. The minimum atomic E-state index is -0.464. The lowest BCUT2D eigenvalue weighted by Gasteiger charge is -2.26. The second kappa shape index (κ2) is 12.3. The number of rotatable bonds is 12. The molecule has 1 aliphatic carbocycles. The van der Waals surface area contributed by atoms with Crippen LogP contribution in [0.4, 0.5) is 4.39 Å². The van der Waals surface area contributed by atoms with Gasteiger partial charge in [-0.05, 0) is 61.9 Å². The standard InChI is InChI=1S/C28H32BrClFN3O3/c29-21-6-5-20(24(30)14-21)13-23-22(26(35)17-37-16-19-3-4-19)15-25-28(27(23)31)32-18-34(25)8-2-1-7-33-9-11-36-12-10-33/h5-6,14-15,18-19H,1-4,7-13,16-17H2. The van der Waals surface area contributed by atoms with Crippen LogP contribution >= 0.6 is 27.5 Å². The third kappa shape index (κ3) is 6.79. The summed E-state index contributed by atoms with van der Waals surface area (Å²) in [5.74, 6) is -0.134. The van der Waals surface area contributed by atoms with Crippen LogP contribution in [0.15, 0.2) is 35.1 Å². The molecule has 2 heterocycles. The molecule has 9 heteroatoms. The first-order valence-corrected chi connectivity index (χ1v) is 14.2. The molecule has 0 bridgehead atoms. The van der Waals surface area contributed by atoms with Crippen LogP contribution in [0, 0.1) is 11.7 Å². The van der Waals surface area contributed by atoms with Crippen LogP contribution < -0.4 is 0 Å². The molecular formula is C28H32BrClFN3O3. The number of carbonyl (C=O) groups is 1. The lowest BCUT2D eigenvalue weighted by Crippen LogP contribution is -2.36. The van der Waals surface area contributed by atoms with Gasteiger partial charge in [0.05, 0.1) is 31.7 Å². The number of nitrogens with zero attached hydrogens (tertiary/aromatic N) is 3. The van der Waals surface area contributed by atoms with E-state index >= 15 is 4.39 Å². The molecule has 1 saturated heterocycles. The van der Waals surface area contributed by atoms with Gasteiger partial charge < -0.3 is 14.0 Å². The normalized spacial score (nSPS) is 16.5. The number of benzene rings is 2. The van der Waals surface area contributed by atoms with E-state index in [-0.39, 0.29) is 24.3 Å². The molecule has 0 N–H and O–H groups in total. The van der Waals surface area contributed by atoms with Crippen LogP contribution in [-0.2, 0) is 22.4 Å². The summed E-state index contributed by atoms with van der Waals surface area (Å²) in [6.45, 7) is 5.77. The average Bonchev–Trinajstić information content (AvgIpc) is 3.63. The smallest absolute Gasteiger partial charge is 0.188 e. The number of halogens is 3. The number of morpholine rings is 1. The average molecular weight is 593 g/mol. The van der Waals surface area contributed by atoms with Gasteiger partial charge >= 0.3 is 0 Å². The van der Waals surface area contributed by atoms with Crippen LogP contribution in [0.25, 0.3) is 11.0 Å². The number of unbranched alkanes of at least 4 members (excludes halogenated alkanes) is 1. The Kier molecular flexibility index (Phi) is 8.93. The van der Waals surface area contributed by atoms with Gasteiger partial charge in [0.25, 0.3) is 0 Å². The number of imidazole rings is 1. The Bertz CT molecular complexity index is 1260. The van der Waals surface area contributed by atoms with Gasteiger partial charge in [-0.3, -0.25) is 9.69 Å². The third-order valence-electron chi connectivity index (χ3n) is 7.15. The number of carbonyl (C=O) groups excluding carboxylic acids is 1. The van der Waals surface area contributed by atoms with Crippen molar-refractivity contribution in [3.05, 3.63) is 62.6 Å². The zero-order chi connectivity index (χ0) is 25.8. The van der Waals surface area contributed by atoms with Gasteiger partial charge in [-0.1, -0.05) is 33.6 Å². The maximum atomic E-state index is 16.0. The van der Waals surface area contributed by atoms with E-state index in [9.17, 15) is 4.79 Å². The minimum absolute atomic E-state index is 0.0593. The summed E-state index contributed by atoms with van der Waals surface area (Å²) in [5.41, 5.74) is 2.33. The first-order chi connectivity index (χ1) is 18.0. The number of aryl methyl sites for hydroxylation is 1. The van der Waals surface area contributed by atoms with Gasteiger partial charge in [-0.25, -0.2) is 9.37 Å². The fourth-order valence-electron chi connectivity index (χ4n) is 4.78. The van der Waals surface area contributed by atoms with E-state index in [0.29, 0.717) is 40.7 Å². The van der Waals surface area contributed by atoms with Crippen LogP contribution in [-0.4, -0.2) is 66.3 Å². The highest BCUT2D eigenvalue weighted by Gasteiger charge is 2.25. The SMILES string of the molecule is O=C(COCC1CC1)c1cc2c(ncn2CCCCN2CCOCC2)c(F)c1Cc1ccc(Br)cc1Cl.